The third-order valence-electron chi connectivity index (χ3n) is 4.81. The molecule has 1 fully saturated rings. The summed E-state index contributed by atoms with van der Waals surface area (Å²) in [6.45, 7) is 0. The van der Waals surface area contributed by atoms with Crippen LogP contribution in [0.1, 0.15) is 19.3 Å². The van der Waals surface area contributed by atoms with Crippen LogP contribution in [-0.2, 0) is 26.6 Å². The van der Waals surface area contributed by atoms with Crippen LogP contribution in [0.2, 0.25) is 0 Å². The normalized spacial score (nSPS) is 26.0. The van der Waals surface area contributed by atoms with Crippen LogP contribution in [0.5, 0.6) is 0 Å². The lowest BCUT2D eigenvalue weighted by Gasteiger charge is -2.36. The lowest BCUT2D eigenvalue weighted by atomic mass is 10.1. The molecule has 0 radical (unpaired) electrons. The van der Waals surface area contributed by atoms with Gasteiger partial charge in [0.1, 0.15) is 0 Å². The topological polar surface area (TPSA) is 55.4 Å². The molecular formula is C13H26O6Si2. The fourth-order valence-electron chi connectivity index (χ4n) is 3.94. The Kier molecular flexibility index (Phi) is 5.42. The fourth-order valence-corrected chi connectivity index (χ4v) is 9.77. The molecule has 2 bridgehead atoms. The monoisotopic (exact) mass is 334 g/mol. The number of allylic oxidation sites excluding steroid dienone is 2. The van der Waals surface area contributed by atoms with E-state index < -0.39 is 17.6 Å². The molecule has 0 aromatic heterocycles. The quantitative estimate of drug-likeness (QED) is 0.628. The van der Waals surface area contributed by atoms with Gasteiger partial charge in [-0.15, -0.1) is 0 Å². The Balaban J connectivity index is 2.61. The summed E-state index contributed by atoms with van der Waals surface area (Å²) >= 11 is 0. The van der Waals surface area contributed by atoms with E-state index in [1.54, 1.807) is 42.7 Å². The Morgan fingerprint density at radius 2 is 0.905 bits per heavy atom. The first-order valence-corrected chi connectivity index (χ1v) is 10.6. The van der Waals surface area contributed by atoms with Crippen molar-refractivity contribution in [2.45, 2.75) is 19.3 Å². The molecule has 0 heterocycles. The van der Waals surface area contributed by atoms with Gasteiger partial charge in [-0.05, 0) is 31.1 Å². The van der Waals surface area contributed by atoms with E-state index in [0.29, 0.717) is 11.8 Å². The largest absolute Gasteiger partial charge is 0.532 e. The molecule has 1 saturated carbocycles. The molecule has 2 rings (SSSR count). The third kappa shape index (κ3) is 2.47. The predicted octanol–water partition coefficient (Wildman–Crippen LogP) is 1.55. The van der Waals surface area contributed by atoms with Crippen molar-refractivity contribution in [2.75, 3.05) is 42.7 Å². The SMILES string of the molecule is CO[Si](OC)(OC)C1=C([Si](OC)(OC)OC)C2CCC1C2. The summed E-state index contributed by atoms with van der Waals surface area (Å²) < 4.78 is 34.3. The van der Waals surface area contributed by atoms with Crippen LogP contribution in [0.15, 0.2) is 10.4 Å². The van der Waals surface area contributed by atoms with Crippen molar-refractivity contribution in [3.8, 4) is 0 Å². The van der Waals surface area contributed by atoms with Crippen molar-refractivity contribution in [1.29, 1.82) is 0 Å². The lowest BCUT2D eigenvalue weighted by Crippen LogP contribution is -2.53. The molecule has 6 nitrogen and oxygen atoms in total. The standard InChI is InChI=1S/C13H26O6Si2/c1-14-20(15-2,16-3)12-10-7-8-11(9-10)13(12)21(17-4,18-5)19-6/h10-11H,7-9H2,1-6H3. The maximum absolute atomic E-state index is 5.72. The molecule has 0 saturated heterocycles. The molecule has 122 valence electrons. The molecule has 0 aromatic rings. The van der Waals surface area contributed by atoms with Gasteiger partial charge in [-0.1, -0.05) is 0 Å². The summed E-state index contributed by atoms with van der Waals surface area (Å²) in [5.74, 6) is 0.840. The summed E-state index contributed by atoms with van der Waals surface area (Å²) in [5.41, 5.74) is 0. The summed E-state index contributed by atoms with van der Waals surface area (Å²) in [4.78, 5) is 0. The molecule has 8 heteroatoms. The van der Waals surface area contributed by atoms with Crippen LogP contribution in [0.25, 0.3) is 0 Å². The van der Waals surface area contributed by atoms with E-state index in [1.165, 1.54) is 0 Å². The fraction of sp³-hybridized carbons (Fsp3) is 0.846. The minimum Gasteiger partial charge on any atom is -0.374 e. The molecule has 2 aliphatic rings. The Hall–Kier alpha value is -0.0662. The Morgan fingerprint density at radius 3 is 1.14 bits per heavy atom. The Labute approximate surface area is 129 Å². The van der Waals surface area contributed by atoms with Gasteiger partial charge < -0.3 is 26.6 Å². The van der Waals surface area contributed by atoms with Gasteiger partial charge in [0.2, 0.25) is 0 Å². The average molecular weight is 335 g/mol. The summed E-state index contributed by atoms with van der Waals surface area (Å²) in [6.07, 6.45) is 3.35. The van der Waals surface area contributed by atoms with E-state index >= 15 is 0 Å². The number of fused-ring (bicyclic) bond motifs is 2. The highest BCUT2D eigenvalue weighted by Gasteiger charge is 2.62. The minimum absolute atomic E-state index is 0.420. The molecule has 0 N–H and O–H groups in total. The van der Waals surface area contributed by atoms with Crippen molar-refractivity contribution in [1.82, 2.24) is 0 Å². The van der Waals surface area contributed by atoms with Gasteiger partial charge in [0.15, 0.2) is 0 Å². The average Bonchev–Trinajstić information content (AvgIpc) is 3.15. The van der Waals surface area contributed by atoms with Crippen molar-refractivity contribution in [3.05, 3.63) is 10.4 Å². The van der Waals surface area contributed by atoms with Crippen LogP contribution in [0, 0.1) is 11.8 Å². The number of rotatable bonds is 8. The maximum atomic E-state index is 5.72. The smallest absolute Gasteiger partial charge is 0.374 e. The van der Waals surface area contributed by atoms with Crippen LogP contribution >= 0.6 is 0 Å². The van der Waals surface area contributed by atoms with Crippen molar-refractivity contribution < 1.29 is 26.6 Å². The van der Waals surface area contributed by atoms with E-state index in [0.717, 1.165) is 29.7 Å². The molecule has 21 heavy (non-hydrogen) atoms. The summed E-state index contributed by atoms with van der Waals surface area (Å²) in [7, 11) is 4.10. The molecule has 2 unspecified atom stereocenters. The first kappa shape index (κ1) is 17.3. The van der Waals surface area contributed by atoms with E-state index in [9.17, 15) is 0 Å². The second kappa shape index (κ2) is 6.59. The van der Waals surface area contributed by atoms with Gasteiger partial charge in [-0.2, -0.15) is 0 Å². The predicted molar refractivity (Wildman–Crippen MR) is 81.4 cm³/mol. The van der Waals surface area contributed by atoms with Gasteiger partial charge >= 0.3 is 17.6 Å². The second-order valence-corrected chi connectivity index (χ2v) is 11.1. The van der Waals surface area contributed by atoms with Gasteiger partial charge in [0, 0.05) is 53.1 Å². The molecule has 0 aliphatic heterocycles. The molecule has 2 atom stereocenters. The van der Waals surface area contributed by atoms with Gasteiger partial charge in [-0.3, -0.25) is 0 Å². The van der Waals surface area contributed by atoms with Crippen LogP contribution in [0.4, 0.5) is 0 Å². The first-order chi connectivity index (χ1) is 10.1. The molecule has 2 aliphatic carbocycles. The maximum Gasteiger partial charge on any atom is 0.532 e. The number of hydrogen-bond donors (Lipinski definition) is 0. The third-order valence-corrected chi connectivity index (χ3v) is 11.0. The minimum atomic E-state index is -2.89. The molecule has 0 aromatic carbocycles. The zero-order valence-electron chi connectivity index (χ0n) is 13.7. The summed E-state index contributed by atoms with van der Waals surface area (Å²) in [5, 5.41) is 2.26. The lowest BCUT2D eigenvalue weighted by molar-refractivity contribution is 0.123. The van der Waals surface area contributed by atoms with E-state index in [1.807, 2.05) is 0 Å². The highest BCUT2D eigenvalue weighted by Crippen LogP contribution is 2.54. The second-order valence-electron chi connectivity index (χ2n) is 5.37. The molecule has 0 spiro atoms. The van der Waals surface area contributed by atoms with E-state index in [4.69, 9.17) is 26.6 Å². The Morgan fingerprint density at radius 1 is 0.619 bits per heavy atom. The summed E-state index contributed by atoms with van der Waals surface area (Å²) in [6, 6.07) is 0. The van der Waals surface area contributed by atoms with Crippen molar-refractivity contribution >= 4 is 17.6 Å². The van der Waals surface area contributed by atoms with Crippen molar-refractivity contribution in [3.63, 3.8) is 0 Å². The van der Waals surface area contributed by atoms with Gasteiger partial charge in [0.25, 0.3) is 0 Å². The Bertz CT molecular complexity index is 353. The highest BCUT2D eigenvalue weighted by atomic mass is 28.4. The molecular weight excluding hydrogens is 308 g/mol. The van der Waals surface area contributed by atoms with Crippen LogP contribution < -0.4 is 0 Å². The van der Waals surface area contributed by atoms with Crippen LogP contribution in [-0.4, -0.2) is 60.3 Å². The zero-order chi connectivity index (χ0) is 15.7. The van der Waals surface area contributed by atoms with Gasteiger partial charge in [0.05, 0.1) is 0 Å². The zero-order valence-corrected chi connectivity index (χ0v) is 15.7. The van der Waals surface area contributed by atoms with Crippen LogP contribution in [0.3, 0.4) is 0 Å². The van der Waals surface area contributed by atoms with E-state index in [-0.39, 0.29) is 0 Å². The van der Waals surface area contributed by atoms with E-state index in [2.05, 4.69) is 0 Å². The number of hydrogen-bond acceptors (Lipinski definition) is 6. The highest BCUT2D eigenvalue weighted by molar-refractivity contribution is 6.76. The van der Waals surface area contributed by atoms with Gasteiger partial charge in [-0.25, -0.2) is 0 Å². The van der Waals surface area contributed by atoms with Crippen molar-refractivity contribution in [2.24, 2.45) is 11.8 Å². The first-order valence-electron chi connectivity index (χ1n) is 7.13. The molecule has 0 amide bonds.